The van der Waals surface area contributed by atoms with E-state index >= 15 is 0 Å². The Morgan fingerprint density at radius 3 is 2.73 bits per heavy atom. The molecule has 0 heterocycles. The average molecular weight is 251 g/mol. The second-order valence-corrected chi connectivity index (χ2v) is 4.01. The van der Waals surface area contributed by atoms with Gasteiger partial charge in [0.05, 0.1) is 10.4 Å². The topological polar surface area (TPSA) is 37.3 Å². The van der Waals surface area contributed by atoms with E-state index in [2.05, 4.69) is 0 Å². The van der Waals surface area contributed by atoms with Crippen LogP contribution in [0.25, 0.3) is 0 Å². The monoisotopic (exact) mass is 250 g/mol. The van der Waals surface area contributed by atoms with Crippen molar-refractivity contribution in [1.82, 2.24) is 0 Å². The van der Waals surface area contributed by atoms with E-state index < -0.39 is 17.2 Å². The maximum Gasteiger partial charge on any atom is 0.303 e. The van der Waals surface area contributed by atoms with Crippen molar-refractivity contribution in [3.05, 3.63) is 34.6 Å². The van der Waals surface area contributed by atoms with Gasteiger partial charge in [0.25, 0.3) is 0 Å². The van der Waals surface area contributed by atoms with Crippen molar-refractivity contribution in [2.45, 2.75) is 18.2 Å². The van der Waals surface area contributed by atoms with Gasteiger partial charge in [0.1, 0.15) is 5.82 Å². The minimum atomic E-state index is -0.921. The lowest BCUT2D eigenvalue weighted by molar-refractivity contribution is -0.137. The number of rotatable bonds is 4. The Morgan fingerprint density at radius 1 is 1.53 bits per heavy atom. The van der Waals surface area contributed by atoms with Gasteiger partial charge in [-0.1, -0.05) is 17.7 Å². The lowest BCUT2D eigenvalue weighted by Crippen LogP contribution is -1.98. The first-order valence-corrected chi connectivity index (χ1v) is 5.13. The fraction of sp³-hybridized carbons (Fsp3) is 0.300. The van der Waals surface area contributed by atoms with Gasteiger partial charge in [-0.25, -0.2) is 4.39 Å². The van der Waals surface area contributed by atoms with Gasteiger partial charge in [0.2, 0.25) is 0 Å². The maximum absolute atomic E-state index is 13.0. The third-order valence-electron chi connectivity index (χ3n) is 1.92. The van der Waals surface area contributed by atoms with Crippen LogP contribution in [0.1, 0.15) is 23.8 Å². The maximum atomic E-state index is 13.0. The average Bonchev–Trinajstić information content (AvgIpc) is 2.18. The predicted molar refractivity (Wildman–Crippen MR) is 56.9 cm³/mol. The molecule has 0 saturated carbocycles. The molecule has 15 heavy (non-hydrogen) atoms. The summed E-state index contributed by atoms with van der Waals surface area (Å²) in [4.78, 5) is 10.3. The van der Waals surface area contributed by atoms with Gasteiger partial charge >= 0.3 is 5.97 Å². The molecule has 1 aromatic rings. The fourth-order valence-electron chi connectivity index (χ4n) is 1.12. The molecular formula is C10H9Cl2FO2. The van der Waals surface area contributed by atoms with E-state index in [-0.39, 0.29) is 17.9 Å². The highest BCUT2D eigenvalue weighted by molar-refractivity contribution is 6.30. The summed E-state index contributed by atoms with van der Waals surface area (Å²) in [6.07, 6.45) is 0.219. The molecule has 0 aliphatic rings. The predicted octanol–water partition coefficient (Wildman–Crippen LogP) is 3.62. The van der Waals surface area contributed by atoms with E-state index in [0.717, 1.165) is 0 Å². The molecular weight excluding hydrogens is 242 g/mol. The smallest absolute Gasteiger partial charge is 0.303 e. The highest BCUT2D eigenvalue weighted by atomic mass is 35.5. The normalized spacial score (nSPS) is 12.5. The molecule has 82 valence electrons. The third-order valence-corrected chi connectivity index (χ3v) is 2.69. The first-order chi connectivity index (χ1) is 7.00. The highest BCUT2D eigenvalue weighted by Gasteiger charge is 2.11. The molecule has 0 aliphatic carbocycles. The van der Waals surface area contributed by atoms with Crippen LogP contribution in [0.5, 0.6) is 0 Å². The van der Waals surface area contributed by atoms with E-state index in [4.69, 9.17) is 28.3 Å². The molecule has 0 saturated heterocycles. The van der Waals surface area contributed by atoms with Gasteiger partial charge in [-0.15, -0.1) is 11.6 Å². The van der Waals surface area contributed by atoms with Crippen LogP contribution in [0.2, 0.25) is 5.02 Å². The summed E-state index contributed by atoms with van der Waals surface area (Å²) < 4.78 is 13.0. The second-order valence-electron chi connectivity index (χ2n) is 3.07. The first kappa shape index (κ1) is 12.3. The molecule has 1 unspecified atom stereocenters. The third kappa shape index (κ3) is 3.68. The summed E-state index contributed by atoms with van der Waals surface area (Å²) in [6.45, 7) is 0. The Balaban J connectivity index is 2.69. The van der Waals surface area contributed by atoms with Gasteiger partial charge in [0, 0.05) is 6.42 Å². The summed E-state index contributed by atoms with van der Waals surface area (Å²) in [5.41, 5.74) is 0.541. The molecule has 1 N–H and O–H groups in total. The minimum absolute atomic E-state index is 0.0286. The highest BCUT2D eigenvalue weighted by Crippen LogP contribution is 2.28. The van der Waals surface area contributed by atoms with E-state index in [1.54, 1.807) is 6.07 Å². The molecule has 0 aromatic heterocycles. The van der Waals surface area contributed by atoms with Crippen LogP contribution in [-0.4, -0.2) is 11.1 Å². The molecule has 1 aromatic carbocycles. The molecule has 0 aliphatic heterocycles. The summed E-state index contributed by atoms with van der Waals surface area (Å²) in [6, 6.07) is 4.22. The Labute approximate surface area is 96.6 Å². The quantitative estimate of drug-likeness (QED) is 0.829. The lowest BCUT2D eigenvalue weighted by Gasteiger charge is -2.08. The summed E-state index contributed by atoms with van der Waals surface area (Å²) in [7, 11) is 0. The number of benzene rings is 1. The molecule has 0 amide bonds. The lowest BCUT2D eigenvalue weighted by atomic mass is 10.1. The van der Waals surface area contributed by atoms with Crippen LogP contribution in [0, 0.1) is 5.82 Å². The SMILES string of the molecule is O=C(O)CCC(Cl)c1ccc(Cl)c(F)c1. The molecule has 0 fully saturated rings. The number of carbonyl (C=O) groups is 1. The number of hydrogen-bond acceptors (Lipinski definition) is 1. The Hall–Kier alpha value is -0.800. The van der Waals surface area contributed by atoms with Crippen LogP contribution in [0.3, 0.4) is 0 Å². The number of hydrogen-bond donors (Lipinski definition) is 1. The van der Waals surface area contributed by atoms with Gasteiger partial charge in [-0.3, -0.25) is 4.79 Å². The minimum Gasteiger partial charge on any atom is -0.481 e. The Morgan fingerprint density at radius 2 is 2.20 bits per heavy atom. The molecule has 0 bridgehead atoms. The van der Waals surface area contributed by atoms with Crippen LogP contribution in [0.15, 0.2) is 18.2 Å². The first-order valence-electron chi connectivity index (χ1n) is 4.31. The van der Waals surface area contributed by atoms with Gasteiger partial charge in [0.15, 0.2) is 0 Å². The number of carboxylic acid groups (broad SMARTS) is 1. The largest absolute Gasteiger partial charge is 0.481 e. The zero-order valence-corrected chi connectivity index (χ0v) is 9.22. The number of carboxylic acids is 1. The van der Waals surface area contributed by atoms with Crippen molar-refractivity contribution in [2.24, 2.45) is 0 Å². The Bertz CT molecular complexity index is 368. The Kier molecular flexibility index (Phi) is 4.36. The van der Waals surface area contributed by atoms with Crippen LogP contribution in [0.4, 0.5) is 4.39 Å². The number of alkyl halides is 1. The van der Waals surface area contributed by atoms with Crippen LogP contribution in [-0.2, 0) is 4.79 Å². The van der Waals surface area contributed by atoms with Crippen molar-refractivity contribution in [3.8, 4) is 0 Å². The van der Waals surface area contributed by atoms with E-state index in [0.29, 0.717) is 5.56 Å². The van der Waals surface area contributed by atoms with Gasteiger partial charge in [-0.2, -0.15) is 0 Å². The van der Waals surface area contributed by atoms with Crippen molar-refractivity contribution < 1.29 is 14.3 Å². The van der Waals surface area contributed by atoms with Crippen molar-refractivity contribution in [3.63, 3.8) is 0 Å². The summed E-state index contributed by atoms with van der Waals surface area (Å²) in [5, 5.41) is 7.98. The summed E-state index contributed by atoms with van der Waals surface area (Å²) >= 11 is 11.4. The molecule has 1 rings (SSSR count). The van der Waals surface area contributed by atoms with Crippen molar-refractivity contribution in [1.29, 1.82) is 0 Å². The molecule has 0 spiro atoms. The zero-order valence-electron chi connectivity index (χ0n) is 7.71. The molecule has 2 nitrogen and oxygen atoms in total. The molecule has 5 heteroatoms. The van der Waals surface area contributed by atoms with Gasteiger partial charge in [-0.05, 0) is 24.1 Å². The van der Waals surface area contributed by atoms with E-state index in [9.17, 15) is 9.18 Å². The summed E-state index contributed by atoms with van der Waals surface area (Å²) in [5.74, 6) is -1.47. The fourth-order valence-corrected chi connectivity index (χ4v) is 1.49. The van der Waals surface area contributed by atoms with Crippen molar-refractivity contribution in [2.75, 3.05) is 0 Å². The van der Waals surface area contributed by atoms with Crippen molar-refractivity contribution >= 4 is 29.2 Å². The van der Waals surface area contributed by atoms with E-state index in [1.807, 2.05) is 0 Å². The number of aliphatic carboxylic acids is 1. The van der Waals surface area contributed by atoms with Crippen LogP contribution < -0.4 is 0 Å². The molecule has 0 radical (unpaired) electrons. The zero-order chi connectivity index (χ0) is 11.4. The van der Waals surface area contributed by atoms with E-state index in [1.165, 1.54) is 12.1 Å². The standard InChI is InChI=1S/C10H9Cl2FO2/c11-7(3-4-10(14)15)6-1-2-8(12)9(13)5-6/h1-2,5,7H,3-4H2,(H,14,15). The number of halogens is 3. The second kappa shape index (κ2) is 5.33. The van der Waals surface area contributed by atoms with Crippen LogP contribution >= 0.6 is 23.2 Å². The van der Waals surface area contributed by atoms with Gasteiger partial charge < -0.3 is 5.11 Å². The molecule has 1 atom stereocenters.